The van der Waals surface area contributed by atoms with Crippen molar-refractivity contribution in [3.63, 3.8) is 0 Å². The fourth-order valence-corrected chi connectivity index (χ4v) is 16.6. The topological polar surface area (TPSA) is 71.6 Å². The Bertz CT molecular complexity index is 6900. The molecule has 0 spiro atoms. The van der Waals surface area contributed by atoms with Crippen molar-refractivity contribution in [2.45, 2.75) is 38.9 Å². The van der Waals surface area contributed by atoms with Crippen LogP contribution >= 0.6 is 39.1 Å². The third-order valence-corrected chi connectivity index (χ3v) is 24.1. The van der Waals surface area contributed by atoms with E-state index < -0.39 is 0 Å². The maximum atomic E-state index is 10.3. The highest BCUT2D eigenvalue weighted by molar-refractivity contribution is 9.10. The van der Waals surface area contributed by atoms with Crippen molar-refractivity contribution in [1.29, 1.82) is 0 Å². The maximum Gasteiger partial charge on any atom is 0.494 e. The number of methoxy groups -OCH3 is 1. The number of nitrogens with one attached hydrogen (secondary N) is 1. The van der Waals surface area contributed by atoms with Crippen molar-refractivity contribution >= 4 is 156 Å². The molecule has 0 bridgehead atoms. The van der Waals surface area contributed by atoms with Gasteiger partial charge in [-0.05, 0) is 220 Å². The number of anilines is 2. The summed E-state index contributed by atoms with van der Waals surface area (Å²) in [6.45, 7) is 8.36. The van der Waals surface area contributed by atoms with Gasteiger partial charge in [0.15, 0.2) is 6.29 Å². The molecule has 17 aromatic carbocycles. The van der Waals surface area contributed by atoms with Crippen LogP contribution in [0, 0.1) is 0 Å². The van der Waals surface area contributed by atoms with Gasteiger partial charge in [0, 0.05) is 76.4 Å². The summed E-state index contributed by atoms with van der Waals surface area (Å²) in [5, 5.41) is 17.4. The van der Waals surface area contributed by atoms with E-state index in [2.05, 4.69) is 396 Å². The van der Waals surface area contributed by atoms with Crippen molar-refractivity contribution in [3.8, 4) is 56.2 Å². The van der Waals surface area contributed by atoms with Crippen molar-refractivity contribution in [2.24, 2.45) is 0 Å². The quantitative estimate of drug-likeness (QED) is 0.0794. The van der Waals surface area contributed by atoms with Crippen LogP contribution in [0.5, 0.6) is 5.75 Å². The Kier molecular flexibility index (Phi) is 22.4. The van der Waals surface area contributed by atoms with Crippen LogP contribution in [-0.2, 0) is 9.31 Å². The first-order chi connectivity index (χ1) is 57.7. The van der Waals surface area contributed by atoms with Crippen LogP contribution in [0.15, 0.2) is 399 Å². The van der Waals surface area contributed by atoms with Crippen LogP contribution in [-0.4, -0.2) is 45.4 Å². The number of ether oxygens (including phenoxy) is 1. The highest BCUT2D eigenvalue weighted by atomic mass is 79.9. The molecule has 574 valence electrons. The molecule has 0 saturated carbocycles. The molecule has 1 saturated heterocycles. The fraction of sp³-hybridized carbons (Fsp3) is 0.0660. The highest BCUT2D eigenvalue weighted by Crippen LogP contribution is 2.43. The number of rotatable bonds is 11. The summed E-state index contributed by atoms with van der Waals surface area (Å²) in [7, 11) is 1.31. The van der Waals surface area contributed by atoms with E-state index in [9.17, 15) is 4.79 Å². The lowest BCUT2D eigenvalue weighted by Gasteiger charge is -2.32. The minimum absolute atomic E-state index is 0.348. The van der Waals surface area contributed by atoms with Gasteiger partial charge in [-0.2, -0.15) is 0 Å². The Morgan fingerprint density at radius 1 is 0.339 bits per heavy atom. The third-order valence-electron chi connectivity index (χ3n) is 22.3. The Morgan fingerprint density at radius 2 is 0.729 bits per heavy atom. The van der Waals surface area contributed by atoms with Gasteiger partial charge in [0.2, 0.25) is 0 Å². The minimum atomic E-state index is -0.364. The molecule has 0 unspecified atom stereocenters. The molecular formula is C106H82BBrCl2N4O4. The first-order valence-corrected chi connectivity index (χ1v) is 41.0. The molecule has 0 amide bonds. The van der Waals surface area contributed by atoms with E-state index in [1.807, 2.05) is 42.5 Å². The van der Waals surface area contributed by atoms with Gasteiger partial charge < -0.3 is 33.1 Å². The molecule has 1 aliphatic heterocycles. The average Bonchev–Trinajstić information content (AvgIpc) is 1.58. The average molecular weight is 1640 g/mol. The first-order valence-electron chi connectivity index (χ1n) is 39.4. The molecule has 4 heterocycles. The van der Waals surface area contributed by atoms with Crippen molar-refractivity contribution in [3.05, 3.63) is 414 Å². The summed E-state index contributed by atoms with van der Waals surface area (Å²) in [5.74, 6) is 0.772. The number of hydrogen-bond acceptors (Lipinski definition) is 5. The van der Waals surface area contributed by atoms with E-state index in [0.717, 1.165) is 56.9 Å². The molecule has 20 aromatic rings. The molecule has 3 aromatic heterocycles. The van der Waals surface area contributed by atoms with Gasteiger partial charge in [-0.1, -0.05) is 296 Å². The summed E-state index contributed by atoms with van der Waals surface area (Å²) in [6.07, 6.45) is 0.760. The molecule has 8 nitrogen and oxygen atoms in total. The standard InChI is InChI=1S/C26H17N.C25H18ClNO.C24H24BNO2.C24H19N.C7H4BrClO/c1-2-9-20(10-3-1)27-25-13-7-6-12-22(25)24-16-19-15-14-18-8-4-5-11-21(18)23(19)17-26(24)27;1-28-24-13-7-11-21(26)25(24)17-14-15-20-19-10-5-6-12-22(19)27(23(20)16-17)18-8-3-2-4-9-18;1-23(2)24(3,4)28-25(27-23)17-14-15-20-19-12-8-9-13-21(19)26(22(20)16-17)18-10-6-5-7-11-18;1-3-7-19(8-4-1)21-11-15-23(16-12-21)25-24-17-13-22(14-18-24)20-9-5-2-6-10-20;8-7-5(4-10)2-1-3-6(7)9/h1-17H;2-16H,1H3;5-16H,1-4H3;1-18,25H;1-4H. The Labute approximate surface area is 705 Å². The van der Waals surface area contributed by atoms with Gasteiger partial charge in [0.05, 0.1) is 61.5 Å². The number of nitrogens with zero attached hydrogens (tertiary/aromatic N) is 3. The molecule has 1 fully saturated rings. The predicted octanol–water partition coefficient (Wildman–Crippen LogP) is 29.0. The number of aldehydes is 1. The Morgan fingerprint density at radius 3 is 1.22 bits per heavy atom. The second-order valence-electron chi connectivity index (χ2n) is 30.1. The maximum absolute atomic E-state index is 10.3. The number of hydrogen-bond donors (Lipinski definition) is 1. The third kappa shape index (κ3) is 15.7. The second-order valence-corrected chi connectivity index (χ2v) is 31.7. The van der Waals surface area contributed by atoms with E-state index in [1.54, 1.807) is 25.3 Å². The summed E-state index contributed by atoms with van der Waals surface area (Å²) in [5.41, 5.74) is 20.7. The SMILES string of the molecule is CC1(C)OB(c2ccc3c4ccccc4n(-c4ccccc4)c3c2)OC1(C)C.COc1cccc(Cl)c1-c1ccc2c3ccccc3n(-c3ccccc3)c2c1.O=Cc1cccc(Cl)c1Br.c1ccc(-c2ccc(Nc3ccc(-c4ccccc4)cc3)cc2)cc1.c1ccc(-n2c3ccccc3c3cc4ccc5ccccc5c4cc32)cc1. The molecular weight excluding hydrogens is 1550 g/mol. The van der Waals surface area contributed by atoms with Gasteiger partial charge in [0.1, 0.15) is 5.75 Å². The lowest BCUT2D eigenvalue weighted by molar-refractivity contribution is 0.00578. The molecule has 21 rings (SSSR count). The van der Waals surface area contributed by atoms with Crippen LogP contribution in [0.25, 0.3) is 137 Å². The zero-order valence-electron chi connectivity index (χ0n) is 65.8. The molecule has 118 heavy (non-hydrogen) atoms. The van der Waals surface area contributed by atoms with Crippen molar-refractivity contribution in [1.82, 2.24) is 13.7 Å². The summed E-state index contributed by atoms with van der Waals surface area (Å²) < 4.78 is 25.8. The predicted molar refractivity (Wildman–Crippen MR) is 502 cm³/mol. The number of fused-ring (bicyclic) bond motifs is 12. The number of benzene rings is 17. The fourth-order valence-electron chi connectivity index (χ4n) is 15.8. The van der Waals surface area contributed by atoms with Crippen LogP contribution in [0.3, 0.4) is 0 Å². The molecule has 0 radical (unpaired) electrons. The number of halogens is 3. The van der Waals surface area contributed by atoms with Crippen LogP contribution < -0.4 is 15.5 Å². The van der Waals surface area contributed by atoms with Gasteiger partial charge in [-0.25, -0.2) is 0 Å². The van der Waals surface area contributed by atoms with Gasteiger partial charge in [0.25, 0.3) is 0 Å². The lowest BCUT2D eigenvalue weighted by atomic mass is 9.79. The van der Waals surface area contributed by atoms with Gasteiger partial charge in [-0.3, -0.25) is 4.79 Å². The molecule has 12 heteroatoms. The van der Waals surface area contributed by atoms with Crippen LogP contribution in [0.1, 0.15) is 38.1 Å². The minimum Gasteiger partial charge on any atom is -0.496 e. The summed E-state index contributed by atoms with van der Waals surface area (Å²) >= 11 is 15.4. The molecule has 1 N–H and O–H groups in total. The summed E-state index contributed by atoms with van der Waals surface area (Å²) in [4.78, 5) is 10.3. The van der Waals surface area contributed by atoms with Crippen molar-refractivity contribution < 1.29 is 18.8 Å². The van der Waals surface area contributed by atoms with Crippen LogP contribution in [0.4, 0.5) is 11.4 Å². The number of aromatic nitrogens is 3. The van der Waals surface area contributed by atoms with E-state index in [1.165, 1.54) is 109 Å². The lowest BCUT2D eigenvalue weighted by Crippen LogP contribution is -2.41. The van der Waals surface area contributed by atoms with Gasteiger partial charge >= 0.3 is 7.12 Å². The van der Waals surface area contributed by atoms with Gasteiger partial charge in [-0.15, -0.1) is 0 Å². The zero-order chi connectivity index (χ0) is 80.9. The molecule has 0 aliphatic carbocycles. The summed E-state index contributed by atoms with van der Waals surface area (Å²) in [6, 6.07) is 137. The Hall–Kier alpha value is -13.0. The smallest absolute Gasteiger partial charge is 0.494 e. The van der Waals surface area contributed by atoms with E-state index in [-0.39, 0.29) is 18.3 Å². The second kappa shape index (κ2) is 34.0. The Balaban J connectivity index is 0.000000108. The monoisotopic (exact) mass is 1630 g/mol. The number of carbonyl (C=O) groups is 1. The highest BCUT2D eigenvalue weighted by Gasteiger charge is 2.52. The molecule has 0 atom stereocenters. The normalized spacial score (nSPS) is 12.7. The number of para-hydroxylation sites is 6. The van der Waals surface area contributed by atoms with E-state index in [4.69, 9.17) is 37.2 Å². The first kappa shape index (κ1) is 77.5. The van der Waals surface area contributed by atoms with E-state index in [0.29, 0.717) is 20.1 Å². The zero-order valence-corrected chi connectivity index (χ0v) is 68.9. The van der Waals surface area contributed by atoms with Crippen LogP contribution in [0.2, 0.25) is 10.0 Å². The number of carbonyl (C=O) groups excluding carboxylic acids is 1. The van der Waals surface area contributed by atoms with E-state index >= 15 is 0 Å². The molecule has 1 aliphatic rings. The van der Waals surface area contributed by atoms with Crippen molar-refractivity contribution in [2.75, 3.05) is 12.4 Å². The largest absolute Gasteiger partial charge is 0.496 e.